The fourth-order valence-corrected chi connectivity index (χ4v) is 1.21. The second kappa shape index (κ2) is 6.95. The summed E-state index contributed by atoms with van der Waals surface area (Å²) in [5, 5.41) is 12.0. The van der Waals surface area contributed by atoms with E-state index in [0.29, 0.717) is 0 Å². The first-order chi connectivity index (χ1) is 8.99. The summed E-state index contributed by atoms with van der Waals surface area (Å²) in [6, 6.07) is 7.57. The van der Waals surface area contributed by atoms with Crippen molar-refractivity contribution < 1.29 is 14.7 Å². The third kappa shape index (κ3) is 5.49. The third-order valence-corrected chi connectivity index (χ3v) is 2.18. The maximum Gasteiger partial charge on any atom is 0.328 e. The molecule has 0 saturated carbocycles. The molecule has 100 valence electrons. The van der Waals surface area contributed by atoms with Gasteiger partial charge in [0.1, 0.15) is 0 Å². The number of rotatable bonds is 5. The lowest BCUT2D eigenvalue weighted by molar-refractivity contribution is -0.131. The monoisotopic (exact) mass is 261 g/mol. The molecule has 0 bridgehead atoms. The third-order valence-electron chi connectivity index (χ3n) is 2.18. The van der Waals surface area contributed by atoms with E-state index in [1.807, 2.05) is 43.3 Å². The molecule has 0 fully saturated rings. The van der Waals surface area contributed by atoms with Crippen molar-refractivity contribution in [3.05, 3.63) is 42.0 Å². The number of hydrogen-bond acceptors (Lipinski definition) is 4. The highest BCUT2D eigenvalue weighted by Gasteiger charge is 1.95. The number of nitrogens with zero attached hydrogens (tertiary/aromatic N) is 2. The van der Waals surface area contributed by atoms with Crippen LogP contribution < -0.4 is 10.3 Å². The van der Waals surface area contributed by atoms with Crippen LogP contribution in [0, 0.1) is 0 Å². The van der Waals surface area contributed by atoms with Gasteiger partial charge in [-0.25, -0.2) is 10.2 Å². The number of carbonyl (C=O) groups excluding carboxylic acids is 1. The number of carboxylic acid groups (broad SMARTS) is 1. The smallest absolute Gasteiger partial charge is 0.328 e. The van der Waals surface area contributed by atoms with Gasteiger partial charge < -0.3 is 10.0 Å². The lowest BCUT2D eigenvalue weighted by Gasteiger charge is -2.11. The molecule has 0 saturated heterocycles. The van der Waals surface area contributed by atoms with Crippen molar-refractivity contribution in [1.82, 2.24) is 5.43 Å². The fraction of sp³-hybridized carbons (Fsp3) is 0.154. The van der Waals surface area contributed by atoms with Crippen LogP contribution in [0.2, 0.25) is 0 Å². The SMILES string of the molecule is CN(C)c1ccc(/C=N/NC(=O)/C=C/C(=O)O)cc1. The van der Waals surface area contributed by atoms with Gasteiger partial charge in [0.2, 0.25) is 0 Å². The summed E-state index contributed by atoms with van der Waals surface area (Å²) in [7, 11) is 3.89. The van der Waals surface area contributed by atoms with E-state index in [1.165, 1.54) is 6.21 Å². The molecule has 0 spiro atoms. The normalized spacial score (nSPS) is 10.8. The number of carboxylic acids is 1. The molecule has 6 nitrogen and oxygen atoms in total. The van der Waals surface area contributed by atoms with Crippen LogP contribution in [0.5, 0.6) is 0 Å². The van der Waals surface area contributed by atoms with Crippen molar-refractivity contribution in [1.29, 1.82) is 0 Å². The number of aliphatic carboxylic acids is 1. The van der Waals surface area contributed by atoms with Crippen LogP contribution in [0.3, 0.4) is 0 Å². The van der Waals surface area contributed by atoms with Crippen LogP contribution in [-0.2, 0) is 9.59 Å². The highest BCUT2D eigenvalue weighted by molar-refractivity contribution is 5.94. The first-order valence-corrected chi connectivity index (χ1v) is 5.50. The van der Waals surface area contributed by atoms with Gasteiger partial charge in [-0.15, -0.1) is 0 Å². The molecule has 0 aliphatic rings. The van der Waals surface area contributed by atoms with Crippen molar-refractivity contribution in [2.24, 2.45) is 5.10 Å². The number of nitrogens with one attached hydrogen (secondary N) is 1. The van der Waals surface area contributed by atoms with Gasteiger partial charge in [-0.05, 0) is 17.7 Å². The van der Waals surface area contributed by atoms with E-state index < -0.39 is 11.9 Å². The average Bonchev–Trinajstić information content (AvgIpc) is 2.37. The van der Waals surface area contributed by atoms with Crippen molar-refractivity contribution >= 4 is 23.8 Å². The Morgan fingerprint density at radius 2 is 1.84 bits per heavy atom. The Labute approximate surface area is 111 Å². The van der Waals surface area contributed by atoms with Gasteiger partial charge >= 0.3 is 5.97 Å². The summed E-state index contributed by atoms with van der Waals surface area (Å²) in [6.07, 6.45) is 3.12. The molecular weight excluding hydrogens is 246 g/mol. The van der Waals surface area contributed by atoms with Gasteiger partial charge in [0.25, 0.3) is 5.91 Å². The molecule has 0 aromatic heterocycles. The minimum absolute atomic E-state index is 0.594. The number of benzene rings is 1. The average molecular weight is 261 g/mol. The zero-order valence-electron chi connectivity index (χ0n) is 10.7. The summed E-state index contributed by atoms with van der Waals surface area (Å²) in [4.78, 5) is 23.2. The van der Waals surface area contributed by atoms with E-state index in [1.54, 1.807) is 0 Å². The Morgan fingerprint density at radius 1 is 1.21 bits per heavy atom. The van der Waals surface area contributed by atoms with Gasteiger partial charge in [0, 0.05) is 31.9 Å². The van der Waals surface area contributed by atoms with Gasteiger partial charge in [-0.2, -0.15) is 5.10 Å². The largest absolute Gasteiger partial charge is 0.478 e. The molecule has 1 rings (SSSR count). The fourth-order valence-electron chi connectivity index (χ4n) is 1.21. The second-order valence-corrected chi connectivity index (χ2v) is 3.89. The van der Waals surface area contributed by atoms with Crippen LogP contribution in [0.15, 0.2) is 41.5 Å². The lowest BCUT2D eigenvalue weighted by atomic mass is 10.2. The molecule has 19 heavy (non-hydrogen) atoms. The number of anilines is 1. The topological polar surface area (TPSA) is 82.0 Å². The van der Waals surface area contributed by atoms with E-state index in [0.717, 1.165) is 23.4 Å². The Hall–Kier alpha value is -2.63. The standard InChI is InChI=1S/C13H15N3O3/c1-16(2)11-5-3-10(4-6-11)9-14-15-12(17)7-8-13(18)19/h3-9H,1-2H3,(H,15,17)(H,18,19)/b8-7+,14-9+. The molecule has 1 aromatic rings. The van der Waals surface area contributed by atoms with E-state index in [-0.39, 0.29) is 0 Å². The van der Waals surface area contributed by atoms with Crippen LogP contribution in [0.4, 0.5) is 5.69 Å². The van der Waals surface area contributed by atoms with E-state index in [9.17, 15) is 9.59 Å². The van der Waals surface area contributed by atoms with Crippen molar-refractivity contribution in [3.63, 3.8) is 0 Å². The predicted molar refractivity (Wildman–Crippen MR) is 73.3 cm³/mol. The highest BCUT2D eigenvalue weighted by Crippen LogP contribution is 2.10. The molecule has 2 N–H and O–H groups in total. The molecular formula is C13H15N3O3. The molecule has 1 aromatic carbocycles. The van der Waals surface area contributed by atoms with Crippen LogP contribution in [0.1, 0.15) is 5.56 Å². The van der Waals surface area contributed by atoms with E-state index in [4.69, 9.17) is 5.11 Å². The van der Waals surface area contributed by atoms with Crippen molar-refractivity contribution in [2.75, 3.05) is 19.0 Å². The first-order valence-electron chi connectivity index (χ1n) is 5.50. The second-order valence-electron chi connectivity index (χ2n) is 3.89. The van der Waals surface area contributed by atoms with Gasteiger partial charge in [0.15, 0.2) is 0 Å². The van der Waals surface area contributed by atoms with Gasteiger partial charge in [-0.1, -0.05) is 12.1 Å². The first kappa shape index (κ1) is 14.4. The predicted octanol–water partition coefficient (Wildman–Crippen LogP) is 0.843. The summed E-state index contributed by atoms with van der Waals surface area (Å²) in [6.45, 7) is 0. The van der Waals surface area contributed by atoms with Crippen LogP contribution in [-0.4, -0.2) is 37.3 Å². The van der Waals surface area contributed by atoms with Crippen LogP contribution >= 0.6 is 0 Å². The Morgan fingerprint density at radius 3 is 2.37 bits per heavy atom. The molecule has 1 amide bonds. The number of hydrogen-bond donors (Lipinski definition) is 2. The molecule has 0 unspecified atom stereocenters. The minimum atomic E-state index is -1.18. The minimum Gasteiger partial charge on any atom is -0.478 e. The highest BCUT2D eigenvalue weighted by atomic mass is 16.4. The molecule has 6 heteroatoms. The summed E-state index contributed by atoms with van der Waals surface area (Å²) < 4.78 is 0. The maximum absolute atomic E-state index is 11.1. The zero-order chi connectivity index (χ0) is 14.3. The molecule has 0 atom stereocenters. The summed E-state index contributed by atoms with van der Waals surface area (Å²) in [5.41, 5.74) is 4.08. The summed E-state index contributed by atoms with van der Waals surface area (Å²) >= 11 is 0. The van der Waals surface area contributed by atoms with Gasteiger partial charge in [0.05, 0.1) is 6.21 Å². The number of carbonyl (C=O) groups is 2. The number of hydrazone groups is 1. The zero-order valence-corrected chi connectivity index (χ0v) is 10.7. The molecule has 0 aliphatic heterocycles. The maximum atomic E-state index is 11.1. The molecule has 0 aliphatic carbocycles. The quantitative estimate of drug-likeness (QED) is 0.467. The Kier molecular flexibility index (Phi) is 5.28. The van der Waals surface area contributed by atoms with Gasteiger partial charge in [-0.3, -0.25) is 4.79 Å². The van der Waals surface area contributed by atoms with Crippen LogP contribution in [0.25, 0.3) is 0 Å². The molecule has 0 radical (unpaired) electrons. The Balaban J connectivity index is 2.53. The number of amides is 1. The van der Waals surface area contributed by atoms with E-state index >= 15 is 0 Å². The van der Waals surface area contributed by atoms with Crippen molar-refractivity contribution in [2.45, 2.75) is 0 Å². The van der Waals surface area contributed by atoms with E-state index in [2.05, 4.69) is 10.5 Å². The molecule has 0 heterocycles. The van der Waals surface area contributed by atoms with Crippen molar-refractivity contribution in [3.8, 4) is 0 Å². The summed E-state index contributed by atoms with van der Waals surface area (Å²) in [5.74, 6) is -1.78. The lowest BCUT2D eigenvalue weighted by Crippen LogP contribution is -2.14. The Bertz CT molecular complexity index is 504.